The van der Waals surface area contributed by atoms with Gasteiger partial charge in [-0.15, -0.1) is 11.8 Å². The van der Waals surface area contributed by atoms with E-state index in [2.05, 4.69) is 60.8 Å². The SMILES string of the molecule is CCCN1CCC(CNC(=NCc2ccc(C)cc2SC)NCC)C1. The molecule has 1 aromatic carbocycles. The number of guanidine groups is 1. The van der Waals surface area contributed by atoms with E-state index in [0.29, 0.717) is 0 Å². The zero-order valence-corrected chi connectivity index (χ0v) is 17.1. The van der Waals surface area contributed by atoms with E-state index < -0.39 is 0 Å². The van der Waals surface area contributed by atoms with E-state index in [9.17, 15) is 0 Å². The highest BCUT2D eigenvalue weighted by molar-refractivity contribution is 7.98. The fourth-order valence-corrected chi connectivity index (χ4v) is 4.03. The van der Waals surface area contributed by atoms with Gasteiger partial charge in [-0.1, -0.05) is 19.1 Å². The molecule has 5 heteroatoms. The lowest BCUT2D eigenvalue weighted by Gasteiger charge is -2.17. The van der Waals surface area contributed by atoms with Gasteiger partial charge in [0.05, 0.1) is 6.54 Å². The number of hydrogen-bond donors (Lipinski definition) is 2. The first kappa shape index (κ1) is 20.1. The fraction of sp³-hybridized carbons (Fsp3) is 0.650. The Kier molecular flexibility index (Phi) is 8.62. The molecule has 0 bridgehead atoms. The number of hydrogen-bond acceptors (Lipinski definition) is 3. The number of likely N-dealkylation sites (tertiary alicyclic amines) is 1. The Morgan fingerprint density at radius 1 is 1.32 bits per heavy atom. The fourth-order valence-electron chi connectivity index (χ4n) is 3.33. The smallest absolute Gasteiger partial charge is 0.191 e. The Balaban J connectivity index is 1.90. The van der Waals surface area contributed by atoms with Crippen molar-refractivity contribution in [3.63, 3.8) is 0 Å². The highest BCUT2D eigenvalue weighted by Gasteiger charge is 2.21. The zero-order valence-electron chi connectivity index (χ0n) is 16.3. The lowest BCUT2D eigenvalue weighted by Crippen LogP contribution is -2.40. The molecule has 1 unspecified atom stereocenters. The van der Waals surface area contributed by atoms with E-state index in [1.165, 1.54) is 48.5 Å². The van der Waals surface area contributed by atoms with Crippen LogP contribution in [0.1, 0.15) is 37.8 Å². The zero-order chi connectivity index (χ0) is 18.1. The molecule has 0 aromatic heterocycles. The number of aryl methyl sites for hydroxylation is 1. The maximum atomic E-state index is 4.81. The molecule has 2 rings (SSSR count). The van der Waals surface area contributed by atoms with E-state index in [1.54, 1.807) is 11.8 Å². The van der Waals surface area contributed by atoms with Gasteiger partial charge in [-0.25, -0.2) is 4.99 Å². The monoisotopic (exact) mass is 362 g/mol. The molecule has 1 aliphatic rings. The van der Waals surface area contributed by atoms with Gasteiger partial charge < -0.3 is 15.5 Å². The third-order valence-corrected chi connectivity index (χ3v) is 5.48. The molecule has 1 aromatic rings. The number of nitrogens with one attached hydrogen (secondary N) is 2. The Morgan fingerprint density at radius 3 is 2.88 bits per heavy atom. The van der Waals surface area contributed by atoms with Crippen molar-refractivity contribution in [2.75, 3.05) is 39.0 Å². The highest BCUT2D eigenvalue weighted by atomic mass is 32.2. The van der Waals surface area contributed by atoms with Gasteiger partial charge in [0.15, 0.2) is 5.96 Å². The number of rotatable bonds is 8. The van der Waals surface area contributed by atoms with Crippen LogP contribution in [0.25, 0.3) is 0 Å². The van der Waals surface area contributed by atoms with Crippen LogP contribution in [-0.4, -0.2) is 49.8 Å². The molecule has 1 aliphatic heterocycles. The van der Waals surface area contributed by atoms with Crippen LogP contribution in [0.3, 0.4) is 0 Å². The summed E-state index contributed by atoms with van der Waals surface area (Å²) in [4.78, 5) is 8.71. The van der Waals surface area contributed by atoms with E-state index in [1.807, 2.05) is 0 Å². The molecule has 1 fully saturated rings. The van der Waals surface area contributed by atoms with Crippen molar-refractivity contribution in [1.82, 2.24) is 15.5 Å². The predicted molar refractivity (Wildman–Crippen MR) is 111 cm³/mol. The topological polar surface area (TPSA) is 39.7 Å². The first-order valence-electron chi connectivity index (χ1n) is 9.54. The lowest BCUT2D eigenvalue weighted by atomic mass is 10.1. The van der Waals surface area contributed by atoms with Gasteiger partial charge in [-0.05, 0) is 69.1 Å². The quantitative estimate of drug-likeness (QED) is 0.422. The molecule has 4 nitrogen and oxygen atoms in total. The van der Waals surface area contributed by atoms with Crippen molar-refractivity contribution in [1.29, 1.82) is 0 Å². The second kappa shape index (κ2) is 10.7. The van der Waals surface area contributed by atoms with Gasteiger partial charge >= 0.3 is 0 Å². The van der Waals surface area contributed by atoms with E-state index >= 15 is 0 Å². The number of thioether (sulfide) groups is 1. The first-order valence-corrected chi connectivity index (χ1v) is 10.8. The van der Waals surface area contributed by atoms with Gasteiger partial charge in [0.2, 0.25) is 0 Å². The molecule has 0 aliphatic carbocycles. The van der Waals surface area contributed by atoms with Gasteiger partial charge in [-0.3, -0.25) is 0 Å². The molecule has 1 saturated heterocycles. The molecule has 0 spiro atoms. The van der Waals surface area contributed by atoms with Crippen LogP contribution in [0.5, 0.6) is 0 Å². The van der Waals surface area contributed by atoms with Gasteiger partial charge in [0.1, 0.15) is 0 Å². The molecular formula is C20H34N4S. The maximum Gasteiger partial charge on any atom is 0.191 e. The Labute approximate surface area is 157 Å². The molecule has 2 N–H and O–H groups in total. The molecule has 0 radical (unpaired) electrons. The van der Waals surface area contributed by atoms with Crippen molar-refractivity contribution in [3.05, 3.63) is 29.3 Å². The molecule has 0 saturated carbocycles. The summed E-state index contributed by atoms with van der Waals surface area (Å²) < 4.78 is 0. The van der Waals surface area contributed by atoms with Crippen molar-refractivity contribution in [3.8, 4) is 0 Å². The minimum Gasteiger partial charge on any atom is -0.357 e. The van der Waals surface area contributed by atoms with Crippen LogP contribution in [0.15, 0.2) is 28.1 Å². The average molecular weight is 363 g/mol. The van der Waals surface area contributed by atoms with Crippen molar-refractivity contribution < 1.29 is 0 Å². The van der Waals surface area contributed by atoms with E-state index in [4.69, 9.17) is 4.99 Å². The number of nitrogens with zero attached hydrogens (tertiary/aromatic N) is 2. The van der Waals surface area contributed by atoms with E-state index in [0.717, 1.165) is 31.5 Å². The first-order chi connectivity index (χ1) is 12.2. The second-order valence-electron chi connectivity index (χ2n) is 6.85. The van der Waals surface area contributed by atoms with Gasteiger partial charge in [0.25, 0.3) is 0 Å². The second-order valence-corrected chi connectivity index (χ2v) is 7.69. The minimum atomic E-state index is 0.721. The standard InChI is InChI=1S/C20H34N4S/c1-5-10-24-11-9-17(15-24)13-22-20(21-6-2)23-14-18-8-7-16(3)12-19(18)25-4/h7-8,12,17H,5-6,9-11,13-15H2,1-4H3,(H2,21,22,23). The lowest BCUT2D eigenvalue weighted by molar-refractivity contribution is 0.324. The van der Waals surface area contributed by atoms with Crippen LogP contribution < -0.4 is 10.6 Å². The van der Waals surface area contributed by atoms with Crippen LogP contribution in [0.2, 0.25) is 0 Å². The summed E-state index contributed by atoms with van der Waals surface area (Å²) in [6.45, 7) is 12.8. The summed E-state index contributed by atoms with van der Waals surface area (Å²) in [5.41, 5.74) is 2.60. The summed E-state index contributed by atoms with van der Waals surface area (Å²) in [6, 6.07) is 6.62. The Morgan fingerprint density at radius 2 is 2.16 bits per heavy atom. The minimum absolute atomic E-state index is 0.721. The molecule has 1 heterocycles. The largest absolute Gasteiger partial charge is 0.357 e. The van der Waals surface area contributed by atoms with Crippen molar-refractivity contribution in [2.24, 2.45) is 10.9 Å². The predicted octanol–water partition coefficient (Wildman–Crippen LogP) is 3.50. The third kappa shape index (κ3) is 6.55. The van der Waals surface area contributed by atoms with Crippen LogP contribution in [-0.2, 0) is 6.54 Å². The number of aliphatic imine (C=N–C) groups is 1. The van der Waals surface area contributed by atoms with Crippen LogP contribution in [0.4, 0.5) is 0 Å². The Bertz CT molecular complexity index is 559. The van der Waals surface area contributed by atoms with Crippen molar-refractivity contribution in [2.45, 2.75) is 45.1 Å². The van der Waals surface area contributed by atoms with Gasteiger partial charge in [0, 0.05) is 24.5 Å². The summed E-state index contributed by atoms with van der Waals surface area (Å²) in [7, 11) is 0. The third-order valence-electron chi connectivity index (χ3n) is 4.66. The Hall–Kier alpha value is -1.20. The average Bonchev–Trinajstić information content (AvgIpc) is 3.06. The maximum absolute atomic E-state index is 4.81. The highest BCUT2D eigenvalue weighted by Crippen LogP contribution is 2.22. The molecule has 25 heavy (non-hydrogen) atoms. The summed E-state index contributed by atoms with van der Waals surface area (Å²) in [6.07, 6.45) is 4.67. The summed E-state index contributed by atoms with van der Waals surface area (Å²) in [5.74, 6) is 1.67. The molecule has 140 valence electrons. The van der Waals surface area contributed by atoms with E-state index in [-0.39, 0.29) is 0 Å². The normalized spacial score (nSPS) is 18.6. The number of benzene rings is 1. The van der Waals surface area contributed by atoms with Crippen molar-refractivity contribution >= 4 is 17.7 Å². The van der Waals surface area contributed by atoms with Crippen LogP contribution in [0, 0.1) is 12.8 Å². The molecule has 1 atom stereocenters. The van der Waals surface area contributed by atoms with Gasteiger partial charge in [-0.2, -0.15) is 0 Å². The molecule has 0 amide bonds. The molecular weight excluding hydrogens is 328 g/mol. The summed E-state index contributed by atoms with van der Waals surface area (Å²) in [5, 5.41) is 6.93. The summed E-state index contributed by atoms with van der Waals surface area (Å²) >= 11 is 1.80. The van der Waals surface area contributed by atoms with Crippen LogP contribution >= 0.6 is 11.8 Å².